The Labute approximate surface area is 201 Å². The SMILES string of the molecule is NC(N)=NCCCC(NC(=O)C(Cc1cnc[nH]1)NC(=O)C1CCCN1C(=O)C(N)CO)C(=O)O. The summed E-state index contributed by atoms with van der Waals surface area (Å²) in [6.07, 6.45) is 4.16. The van der Waals surface area contributed by atoms with E-state index in [0.29, 0.717) is 31.5 Å². The molecule has 15 nitrogen and oxygen atoms in total. The summed E-state index contributed by atoms with van der Waals surface area (Å²) in [5.41, 5.74) is 16.7. The lowest BCUT2D eigenvalue weighted by atomic mass is 10.1. The van der Waals surface area contributed by atoms with Crippen molar-refractivity contribution < 1.29 is 29.4 Å². The maximum atomic E-state index is 13.0. The summed E-state index contributed by atoms with van der Waals surface area (Å²) in [6, 6.07) is -4.40. The zero-order chi connectivity index (χ0) is 26.0. The van der Waals surface area contributed by atoms with Gasteiger partial charge in [-0.1, -0.05) is 0 Å². The average Bonchev–Trinajstić information content (AvgIpc) is 3.51. The lowest BCUT2D eigenvalue weighted by Crippen LogP contribution is -2.57. The molecule has 1 aromatic rings. The first-order valence-corrected chi connectivity index (χ1v) is 11.2. The standard InChI is InChI=1S/C20H33N9O6/c21-12(9-30)18(33)29-6-2-4-15(29)17(32)28-14(7-11-8-24-10-26-11)16(31)27-13(19(34)35)3-1-5-25-20(22)23/h8,10,12-15,30H,1-7,9,21H2,(H,24,26)(H,27,31)(H,28,32)(H,34,35)(H4,22,23,25). The normalized spacial score (nSPS) is 17.8. The Morgan fingerprint density at radius 1 is 1.26 bits per heavy atom. The third-order valence-corrected chi connectivity index (χ3v) is 5.52. The molecule has 4 unspecified atom stereocenters. The van der Waals surface area contributed by atoms with Gasteiger partial charge in [0.25, 0.3) is 0 Å². The van der Waals surface area contributed by atoms with Crippen LogP contribution in [0.5, 0.6) is 0 Å². The third-order valence-electron chi connectivity index (χ3n) is 5.52. The van der Waals surface area contributed by atoms with Crippen LogP contribution >= 0.6 is 0 Å². The Morgan fingerprint density at radius 2 is 2.00 bits per heavy atom. The van der Waals surface area contributed by atoms with Crippen LogP contribution in [0, 0.1) is 0 Å². The molecule has 35 heavy (non-hydrogen) atoms. The van der Waals surface area contributed by atoms with Crippen molar-refractivity contribution in [3.8, 4) is 0 Å². The summed E-state index contributed by atoms with van der Waals surface area (Å²) in [6.45, 7) is -0.0784. The number of likely N-dealkylation sites (tertiary alicyclic amines) is 1. The quantitative estimate of drug-likeness (QED) is 0.0756. The zero-order valence-electron chi connectivity index (χ0n) is 19.2. The van der Waals surface area contributed by atoms with Gasteiger partial charge in [0.1, 0.15) is 24.2 Å². The highest BCUT2D eigenvalue weighted by molar-refractivity contribution is 5.94. The molecule has 15 heteroatoms. The van der Waals surface area contributed by atoms with Crippen molar-refractivity contribution in [2.24, 2.45) is 22.2 Å². The Bertz CT molecular complexity index is 903. The predicted molar refractivity (Wildman–Crippen MR) is 123 cm³/mol. The van der Waals surface area contributed by atoms with Crippen LogP contribution in [0.25, 0.3) is 0 Å². The number of aliphatic carboxylic acids is 1. The molecule has 0 bridgehead atoms. The molecule has 1 fully saturated rings. The van der Waals surface area contributed by atoms with Gasteiger partial charge in [-0.3, -0.25) is 19.4 Å². The highest BCUT2D eigenvalue weighted by atomic mass is 16.4. The molecular weight excluding hydrogens is 462 g/mol. The van der Waals surface area contributed by atoms with Crippen molar-refractivity contribution in [2.75, 3.05) is 19.7 Å². The number of aliphatic hydroxyl groups excluding tert-OH is 1. The number of rotatable bonds is 13. The molecule has 0 spiro atoms. The van der Waals surface area contributed by atoms with Crippen LogP contribution in [0.2, 0.25) is 0 Å². The summed E-state index contributed by atoms with van der Waals surface area (Å²) in [4.78, 5) is 62.0. The van der Waals surface area contributed by atoms with E-state index in [0.717, 1.165) is 0 Å². The summed E-state index contributed by atoms with van der Waals surface area (Å²) in [5.74, 6) is -3.24. The number of amides is 3. The fraction of sp³-hybridized carbons (Fsp3) is 0.600. The Hall–Kier alpha value is -3.72. The number of aromatic amines is 1. The van der Waals surface area contributed by atoms with E-state index in [2.05, 4.69) is 25.6 Å². The Kier molecular flexibility index (Phi) is 10.4. The third kappa shape index (κ3) is 8.22. The van der Waals surface area contributed by atoms with E-state index >= 15 is 0 Å². The number of aliphatic imine (C=N–C) groups is 1. The summed E-state index contributed by atoms with van der Waals surface area (Å²) in [7, 11) is 0. The number of carboxylic acid groups (broad SMARTS) is 1. The van der Waals surface area contributed by atoms with E-state index in [1.54, 1.807) is 0 Å². The van der Waals surface area contributed by atoms with Gasteiger partial charge < -0.3 is 47.9 Å². The average molecular weight is 496 g/mol. The van der Waals surface area contributed by atoms with Crippen LogP contribution in [-0.2, 0) is 25.6 Å². The molecule has 2 heterocycles. The van der Waals surface area contributed by atoms with Crippen LogP contribution < -0.4 is 27.8 Å². The Balaban J connectivity index is 2.11. The largest absolute Gasteiger partial charge is 0.480 e. The lowest BCUT2D eigenvalue weighted by molar-refractivity contribution is -0.143. The second-order valence-corrected chi connectivity index (χ2v) is 8.17. The molecule has 0 saturated carbocycles. The number of nitrogens with zero attached hydrogens (tertiary/aromatic N) is 3. The van der Waals surface area contributed by atoms with Crippen LogP contribution in [0.15, 0.2) is 17.5 Å². The number of carbonyl (C=O) groups excluding carboxylic acids is 3. The molecule has 3 amide bonds. The topological polar surface area (TPSA) is 255 Å². The van der Waals surface area contributed by atoms with Crippen molar-refractivity contribution in [1.82, 2.24) is 25.5 Å². The van der Waals surface area contributed by atoms with Gasteiger partial charge in [0.2, 0.25) is 17.7 Å². The number of hydrogen-bond acceptors (Lipinski definition) is 8. The van der Waals surface area contributed by atoms with Crippen LogP contribution in [0.1, 0.15) is 31.4 Å². The van der Waals surface area contributed by atoms with Crippen LogP contribution in [-0.4, -0.2) is 98.6 Å². The number of nitrogens with one attached hydrogen (secondary N) is 3. The minimum absolute atomic E-state index is 0.00866. The summed E-state index contributed by atoms with van der Waals surface area (Å²) >= 11 is 0. The second kappa shape index (κ2) is 13.2. The van der Waals surface area contributed by atoms with Crippen LogP contribution in [0.3, 0.4) is 0 Å². The number of carboxylic acids is 1. The van der Waals surface area contributed by atoms with Crippen LogP contribution in [0.4, 0.5) is 0 Å². The van der Waals surface area contributed by atoms with Gasteiger partial charge in [0.15, 0.2) is 5.96 Å². The molecule has 2 rings (SSSR count). The maximum Gasteiger partial charge on any atom is 0.326 e. The molecule has 0 aromatic carbocycles. The second-order valence-electron chi connectivity index (χ2n) is 8.17. The van der Waals surface area contributed by atoms with Gasteiger partial charge in [0, 0.05) is 31.4 Å². The van der Waals surface area contributed by atoms with E-state index in [1.165, 1.54) is 17.4 Å². The van der Waals surface area contributed by atoms with Gasteiger partial charge in [-0.15, -0.1) is 0 Å². The molecule has 4 atom stereocenters. The first-order valence-electron chi connectivity index (χ1n) is 11.2. The predicted octanol–water partition coefficient (Wildman–Crippen LogP) is -3.63. The maximum absolute atomic E-state index is 13.0. The van der Waals surface area contributed by atoms with E-state index < -0.39 is 54.5 Å². The van der Waals surface area contributed by atoms with Crippen molar-refractivity contribution in [2.45, 2.75) is 56.3 Å². The van der Waals surface area contributed by atoms with Crippen molar-refractivity contribution >= 4 is 29.7 Å². The zero-order valence-corrected chi connectivity index (χ0v) is 19.2. The number of nitrogens with two attached hydrogens (primary N) is 3. The molecule has 0 aliphatic carbocycles. The molecule has 1 saturated heterocycles. The fourth-order valence-electron chi connectivity index (χ4n) is 3.72. The smallest absolute Gasteiger partial charge is 0.326 e. The summed E-state index contributed by atoms with van der Waals surface area (Å²) < 4.78 is 0. The molecule has 0 radical (unpaired) electrons. The van der Waals surface area contributed by atoms with E-state index in [9.17, 15) is 29.4 Å². The first kappa shape index (κ1) is 27.5. The van der Waals surface area contributed by atoms with E-state index in [4.69, 9.17) is 17.2 Å². The molecule has 11 N–H and O–H groups in total. The molecular formula is C20H33N9O6. The van der Waals surface area contributed by atoms with E-state index in [1.807, 2.05) is 0 Å². The highest BCUT2D eigenvalue weighted by Crippen LogP contribution is 2.19. The minimum Gasteiger partial charge on any atom is -0.480 e. The number of aliphatic hydroxyl groups is 1. The van der Waals surface area contributed by atoms with Gasteiger partial charge in [-0.25, -0.2) is 9.78 Å². The molecule has 1 aromatic heterocycles. The minimum atomic E-state index is -1.25. The number of guanidine groups is 1. The number of aromatic nitrogens is 2. The van der Waals surface area contributed by atoms with Gasteiger partial charge in [-0.05, 0) is 25.7 Å². The fourth-order valence-corrected chi connectivity index (χ4v) is 3.72. The molecule has 194 valence electrons. The summed E-state index contributed by atoms with van der Waals surface area (Å²) in [5, 5.41) is 23.8. The lowest BCUT2D eigenvalue weighted by Gasteiger charge is -2.28. The Morgan fingerprint density at radius 3 is 2.60 bits per heavy atom. The first-order chi connectivity index (χ1) is 16.6. The van der Waals surface area contributed by atoms with Crippen molar-refractivity contribution in [3.05, 3.63) is 18.2 Å². The van der Waals surface area contributed by atoms with Gasteiger partial charge in [-0.2, -0.15) is 0 Å². The number of H-pyrrole nitrogens is 1. The molecule has 1 aliphatic heterocycles. The van der Waals surface area contributed by atoms with E-state index in [-0.39, 0.29) is 25.3 Å². The number of imidazole rings is 1. The van der Waals surface area contributed by atoms with Crippen molar-refractivity contribution in [3.63, 3.8) is 0 Å². The highest BCUT2D eigenvalue weighted by Gasteiger charge is 2.38. The van der Waals surface area contributed by atoms with Crippen molar-refractivity contribution in [1.29, 1.82) is 0 Å². The number of carbonyl (C=O) groups is 4. The number of hydrogen-bond donors (Lipinski definition) is 8. The molecule has 1 aliphatic rings. The van der Waals surface area contributed by atoms with Gasteiger partial charge in [0.05, 0.1) is 12.9 Å². The monoisotopic (exact) mass is 495 g/mol. The van der Waals surface area contributed by atoms with Gasteiger partial charge >= 0.3 is 5.97 Å².